The van der Waals surface area contributed by atoms with Crippen molar-refractivity contribution in [1.82, 2.24) is 5.32 Å². The molecular weight excluding hydrogens is 350 g/mol. The summed E-state index contributed by atoms with van der Waals surface area (Å²) in [7, 11) is 0. The number of carbonyl (C=O) groups excluding carboxylic acids is 2. The Labute approximate surface area is 162 Å². The van der Waals surface area contributed by atoms with E-state index in [0.29, 0.717) is 0 Å². The van der Waals surface area contributed by atoms with Gasteiger partial charge < -0.3 is 16.8 Å². The van der Waals surface area contributed by atoms with Crippen LogP contribution in [-0.4, -0.2) is 17.9 Å². The standard InChI is InChI=1S/C23H21N3O2/c24-20(27)18-12-15-8-9-23(21(25)28,13-19(15)26-18)22(10-11-22)17-7-3-5-14-4-1-2-6-16(14)17/h1-9,12-13,18,26H,10-11H2,(H2,24,27)(H2,25,28). The van der Waals surface area contributed by atoms with Crippen LogP contribution in [0.5, 0.6) is 0 Å². The van der Waals surface area contributed by atoms with Crippen molar-refractivity contribution in [2.75, 3.05) is 0 Å². The molecule has 1 saturated carbocycles. The Kier molecular flexibility index (Phi) is 3.35. The third-order valence-corrected chi connectivity index (χ3v) is 6.43. The lowest BCUT2D eigenvalue weighted by Crippen LogP contribution is -2.46. The van der Waals surface area contributed by atoms with E-state index in [1.165, 1.54) is 0 Å². The molecule has 1 aliphatic heterocycles. The molecule has 0 spiro atoms. The van der Waals surface area contributed by atoms with Crippen molar-refractivity contribution in [2.24, 2.45) is 16.9 Å². The first-order valence-corrected chi connectivity index (χ1v) is 9.45. The predicted molar refractivity (Wildman–Crippen MR) is 108 cm³/mol. The minimum Gasteiger partial charge on any atom is -0.370 e. The smallest absolute Gasteiger partial charge is 0.243 e. The minimum absolute atomic E-state index is 0.384. The number of benzene rings is 2. The number of amides is 2. The van der Waals surface area contributed by atoms with E-state index in [1.807, 2.05) is 36.4 Å². The van der Waals surface area contributed by atoms with Crippen LogP contribution in [0.25, 0.3) is 10.8 Å². The quantitative estimate of drug-likeness (QED) is 0.768. The lowest BCUT2D eigenvalue weighted by atomic mass is 9.65. The van der Waals surface area contributed by atoms with Gasteiger partial charge in [0.05, 0.1) is 5.41 Å². The molecule has 0 bridgehead atoms. The van der Waals surface area contributed by atoms with Gasteiger partial charge in [0, 0.05) is 11.1 Å². The summed E-state index contributed by atoms with van der Waals surface area (Å²) < 4.78 is 0. The highest BCUT2D eigenvalue weighted by atomic mass is 16.2. The van der Waals surface area contributed by atoms with Crippen LogP contribution in [0.1, 0.15) is 18.4 Å². The molecule has 0 saturated heterocycles. The lowest BCUT2D eigenvalue weighted by molar-refractivity contribution is -0.124. The maximum absolute atomic E-state index is 12.9. The maximum atomic E-state index is 12.9. The Morgan fingerprint density at radius 3 is 2.50 bits per heavy atom. The monoisotopic (exact) mass is 371 g/mol. The number of carbonyl (C=O) groups is 2. The summed E-state index contributed by atoms with van der Waals surface area (Å²) in [6.07, 6.45) is 9.23. The van der Waals surface area contributed by atoms with Crippen LogP contribution in [0.2, 0.25) is 0 Å². The van der Waals surface area contributed by atoms with E-state index < -0.39 is 17.4 Å². The van der Waals surface area contributed by atoms with Crippen molar-refractivity contribution in [2.45, 2.75) is 24.3 Å². The van der Waals surface area contributed by atoms with Crippen LogP contribution in [0.3, 0.4) is 0 Å². The van der Waals surface area contributed by atoms with Gasteiger partial charge >= 0.3 is 0 Å². The largest absolute Gasteiger partial charge is 0.370 e. The number of primary amides is 2. The molecule has 5 rings (SSSR count). The van der Waals surface area contributed by atoms with Crippen LogP contribution >= 0.6 is 0 Å². The third kappa shape index (κ3) is 2.13. The van der Waals surface area contributed by atoms with Gasteiger partial charge in [-0.05, 0) is 46.9 Å². The molecule has 28 heavy (non-hydrogen) atoms. The van der Waals surface area contributed by atoms with E-state index in [2.05, 4.69) is 29.6 Å². The number of allylic oxidation sites excluding steroid dienone is 1. The minimum atomic E-state index is -0.955. The average molecular weight is 371 g/mol. The van der Waals surface area contributed by atoms with Crippen LogP contribution in [0, 0.1) is 5.41 Å². The van der Waals surface area contributed by atoms with Crippen molar-refractivity contribution >= 4 is 22.6 Å². The number of nitrogens with two attached hydrogens (primary N) is 2. The van der Waals surface area contributed by atoms with Gasteiger partial charge in [0.1, 0.15) is 6.04 Å². The molecule has 1 fully saturated rings. The Bertz CT molecular complexity index is 1120. The molecule has 2 aromatic carbocycles. The summed E-state index contributed by atoms with van der Waals surface area (Å²) in [4.78, 5) is 24.5. The van der Waals surface area contributed by atoms with Gasteiger partial charge in [0.2, 0.25) is 11.8 Å². The van der Waals surface area contributed by atoms with Gasteiger partial charge in [-0.3, -0.25) is 9.59 Å². The third-order valence-electron chi connectivity index (χ3n) is 6.43. The molecule has 5 heteroatoms. The fourth-order valence-electron chi connectivity index (χ4n) is 4.84. The fourth-order valence-corrected chi connectivity index (χ4v) is 4.84. The molecule has 5 N–H and O–H groups in total. The van der Waals surface area contributed by atoms with Crippen molar-refractivity contribution in [1.29, 1.82) is 0 Å². The maximum Gasteiger partial charge on any atom is 0.243 e. The van der Waals surface area contributed by atoms with Crippen LogP contribution in [-0.2, 0) is 15.0 Å². The highest BCUT2D eigenvalue weighted by Crippen LogP contribution is 2.63. The van der Waals surface area contributed by atoms with E-state index in [4.69, 9.17) is 11.5 Å². The lowest BCUT2D eigenvalue weighted by Gasteiger charge is -2.37. The topological polar surface area (TPSA) is 98.2 Å². The van der Waals surface area contributed by atoms with E-state index >= 15 is 0 Å². The summed E-state index contributed by atoms with van der Waals surface area (Å²) in [6, 6.07) is 13.9. The number of fused-ring (bicyclic) bond motifs is 2. The predicted octanol–water partition coefficient (Wildman–Crippen LogP) is 2.18. The molecule has 2 unspecified atom stereocenters. The Hall–Kier alpha value is -3.34. The highest BCUT2D eigenvalue weighted by molar-refractivity contribution is 5.94. The first kappa shape index (κ1) is 16.8. The van der Waals surface area contributed by atoms with Gasteiger partial charge in [-0.1, -0.05) is 54.6 Å². The second kappa shape index (κ2) is 5.58. The number of rotatable bonds is 4. The summed E-state index contributed by atoms with van der Waals surface area (Å²) in [5.41, 5.74) is 12.9. The van der Waals surface area contributed by atoms with Gasteiger partial charge in [0.15, 0.2) is 0 Å². The van der Waals surface area contributed by atoms with Crippen LogP contribution in [0.15, 0.2) is 78.0 Å². The fraction of sp³-hybridized carbons (Fsp3) is 0.217. The molecule has 2 amide bonds. The number of nitrogens with one attached hydrogen (secondary N) is 1. The first-order chi connectivity index (χ1) is 13.5. The molecular formula is C23H21N3O2. The molecule has 0 radical (unpaired) electrons. The van der Waals surface area contributed by atoms with Gasteiger partial charge in [-0.25, -0.2) is 0 Å². The highest BCUT2D eigenvalue weighted by Gasteiger charge is 2.62. The average Bonchev–Trinajstić information content (AvgIpc) is 3.39. The van der Waals surface area contributed by atoms with Gasteiger partial charge in [0.25, 0.3) is 0 Å². The van der Waals surface area contributed by atoms with E-state index in [9.17, 15) is 9.59 Å². The number of hydrogen-bond donors (Lipinski definition) is 3. The van der Waals surface area contributed by atoms with Crippen molar-refractivity contribution in [3.05, 3.63) is 83.6 Å². The summed E-state index contributed by atoms with van der Waals surface area (Å²) in [5.74, 6) is -0.832. The molecule has 5 nitrogen and oxygen atoms in total. The zero-order chi connectivity index (χ0) is 19.5. The molecule has 2 aromatic rings. The van der Waals surface area contributed by atoms with Gasteiger partial charge in [-0.2, -0.15) is 0 Å². The molecule has 140 valence electrons. The van der Waals surface area contributed by atoms with Crippen molar-refractivity contribution in [3.63, 3.8) is 0 Å². The number of hydrogen-bond acceptors (Lipinski definition) is 3. The van der Waals surface area contributed by atoms with Crippen LogP contribution < -0.4 is 16.8 Å². The normalized spacial score (nSPS) is 26.8. The first-order valence-electron chi connectivity index (χ1n) is 9.45. The molecule has 0 aromatic heterocycles. The van der Waals surface area contributed by atoms with E-state index in [-0.39, 0.29) is 11.3 Å². The Morgan fingerprint density at radius 2 is 1.79 bits per heavy atom. The zero-order valence-corrected chi connectivity index (χ0v) is 15.3. The SMILES string of the molecule is NC(=O)C1C=C2C=CC(C(N)=O)(C3(c4cccc5ccccc45)CC3)C=C2N1. The second-order valence-corrected chi connectivity index (χ2v) is 7.88. The molecule has 2 aliphatic carbocycles. The summed E-state index contributed by atoms with van der Waals surface area (Å²) >= 11 is 0. The molecule has 3 aliphatic rings. The summed E-state index contributed by atoms with van der Waals surface area (Å²) in [5, 5.41) is 5.41. The molecule has 2 atom stereocenters. The molecule has 1 heterocycles. The Balaban J connectivity index is 1.68. The summed E-state index contributed by atoms with van der Waals surface area (Å²) in [6.45, 7) is 0. The van der Waals surface area contributed by atoms with E-state index in [0.717, 1.165) is 40.4 Å². The van der Waals surface area contributed by atoms with Crippen molar-refractivity contribution in [3.8, 4) is 0 Å². The van der Waals surface area contributed by atoms with Gasteiger partial charge in [-0.15, -0.1) is 0 Å². The second-order valence-electron chi connectivity index (χ2n) is 7.88. The zero-order valence-electron chi connectivity index (χ0n) is 15.3. The van der Waals surface area contributed by atoms with Crippen LogP contribution in [0.4, 0.5) is 0 Å². The van der Waals surface area contributed by atoms with E-state index in [1.54, 1.807) is 6.08 Å². The Morgan fingerprint density at radius 1 is 1.04 bits per heavy atom. The van der Waals surface area contributed by atoms with Crippen molar-refractivity contribution < 1.29 is 9.59 Å².